The molecule has 1 aromatic heterocycles. The van der Waals surface area contributed by atoms with Crippen molar-refractivity contribution in [3.63, 3.8) is 0 Å². The van der Waals surface area contributed by atoms with E-state index in [9.17, 15) is 9.59 Å². The molecule has 6 heteroatoms. The fourth-order valence-corrected chi connectivity index (χ4v) is 2.36. The summed E-state index contributed by atoms with van der Waals surface area (Å²) >= 11 is 1.50. The third kappa shape index (κ3) is 3.83. The molecule has 5 nitrogen and oxygen atoms in total. The second-order valence-electron chi connectivity index (χ2n) is 4.11. The monoisotopic (exact) mass is 290 g/mol. The average molecular weight is 290 g/mol. The van der Waals surface area contributed by atoms with E-state index in [4.69, 9.17) is 5.11 Å². The highest BCUT2D eigenvalue weighted by molar-refractivity contribution is 7.08. The van der Waals surface area contributed by atoms with Crippen molar-refractivity contribution < 1.29 is 14.7 Å². The van der Waals surface area contributed by atoms with Crippen molar-refractivity contribution in [2.24, 2.45) is 0 Å². The predicted molar refractivity (Wildman–Crippen MR) is 78.4 cm³/mol. The van der Waals surface area contributed by atoms with Crippen LogP contribution in [0.25, 0.3) is 0 Å². The van der Waals surface area contributed by atoms with Crippen molar-refractivity contribution in [2.45, 2.75) is 6.42 Å². The van der Waals surface area contributed by atoms with Gasteiger partial charge in [-0.25, -0.2) is 9.59 Å². The van der Waals surface area contributed by atoms with Crippen LogP contribution in [0.5, 0.6) is 0 Å². The lowest BCUT2D eigenvalue weighted by Crippen LogP contribution is -2.30. The molecule has 20 heavy (non-hydrogen) atoms. The minimum atomic E-state index is -0.955. The largest absolute Gasteiger partial charge is 0.478 e. The van der Waals surface area contributed by atoms with Crippen LogP contribution in [-0.2, 0) is 6.42 Å². The molecule has 1 heterocycles. The van der Waals surface area contributed by atoms with Gasteiger partial charge in [-0.1, -0.05) is 18.2 Å². The molecule has 2 rings (SSSR count). The number of hydrogen-bond donors (Lipinski definition) is 3. The molecule has 1 aromatic carbocycles. The van der Waals surface area contributed by atoms with Crippen molar-refractivity contribution >= 4 is 29.0 Å². The molecule has 0 fully saturated rings. The first-order valence-corrected chi connectivity index (χ1v) is 6.99. The van der Waals surface area contributed by atoms with Crippen LogP contribution < -0.4 is 10.6 Å². The summed E-state index contributed by atoms with van der Waals surface area (Å²) < 4.78 is 0. The molecular formula is C14H14N2O3S. The maximum atomic E-state index is 11.6. The van der Waals surface area contributed by atoms with Crippen LogP contribution in [0.2, 0.25) is 0 Å². The molecule has 0 aliphatic heterocycles. The molecule has 0 saturated heterocycles. The van der Waals surface area contributed by atoms with E-state index in [2.05, 4.69) is 10.6 Å². The van der Waals surface area contributed by atoms with Crippen LogP contribution in [-0.4, -0.2) is 23.7 Å². The van der Waals surface area contributed by atoms with E-state index >= 15 is 0 Å². The Morgan fingerprint density at radius 2 is 2.00 bits per heavy atom. The molecule has 0 atom stereocenters. The Bertz CT molecular complexity index is 596. The van der Waals surface area contributed by atoms with Gasteiger partial charge in [-0.15, -0.1) is 0 Å². The molecule has 0 spiro atoms. The van der Waals surface area contributed by atoms with Crippen LogP contribution in [0.4, 0.5) is 10.5 Å². The van der Waals surface area contributed by atoms with Gasteiger partial charge < -0.3 is 15.7 Å². The maximum Gasteiger partial charge on any atom is 0.335 e. The number of anilines is 1. The molecule has 0 aliphatic carbocycles. The lowest BCUT2D eigenvalue weighted by molar-refractivity contribution is 0.0695. The number of thiophene rings is 1. The molecule has 0 aliphatic rings. The number of benzene rings is 1. The highest BCUT2D eigenvalue weighted by Gasteiger charge is 2.09. The lowest BCUT2D eigenvalue weighted by atomic mass is 10.0. The van der Waals surface area contributed by atoms with Crippen LogP contribution in [0.3, 0.4) is 0 Å². The van der Waals surface area contributed by atoms with Gasteiger partial charge >= 0.3 is 12.0 Å². The summed E-state index contributed by atoms with van der Waals surface area (Å²) in [6.45, 7) is 0.375. The van der Waals surface area contributed by atoms with Gasteiger partial charge in [0.15, 0.2) is 0 Å². The minimum absolute atomic E-state index is 0.271. The van der Waals surface area contributed by atoms with E-state index in [0.717, 1.165) is 5.69 Å². The molecule has 0 saturated carbocycles. The first-order chi connectivity index (χ1) is 9.66. The Kier molecular flexibility index (Phi) is 4.73. The van der Waals surface area contributed by atoms with Gasteiger partial charge in [0, 0.05) is 11.9 Å². The maximum absolute atomic E-state index is 11.6. The number of nitrogens with one attached hydrogen (secondary N) is 2. The summed E-state index contributed by atoms with van der Waals surface area (Å²) in [7, 11) is 0. The summed E-state index contributed by atoms with van der Waals surface area (Å²) in [6.07, 6.45) is 0.472. The summed E-state index contributed by atoms with van der Waals surface area (Å²) in [5, 5.41) is 18.1. The number of carbonyl (C=O) groups is 2. The Balaban J connectivity index is 1.84. The number of hydrogen-bond acceptors (Lipinski definition) is 3. The quantitative estimate of drug-likeness (QED) is 0.792. The first kappa shape index (κ1) is 14.1. The van der Waals surface area contributed by atoms with E-state index < -0.39 is 5.97 Å². The fraction of sp³-hybridized carbons (Fsp3) is 0.143. The topological polar surface area (TPSA) is 78.4 Å². The third-order valence-electron chi connectivity index (χ3n) is 2.71. The molecule has 0 unspecified atom stereocenters. The zero-order chi connectivity index (χ0) is 14.4. The fourth-order valence-electron chi connectivity index (χ4n) is 1.77. The van der Waals surface area contributed by atoms with Gasteiger partial charge in [0.05, 0.1) is 11.3 Å². The molecule has 2 aromatic rings. The highest BCUT2D eigenvalue weighted by atomic mass is 32.1. The van der Waals surface area contributed by atoms with E-state index in [1.54, 1.807) is 24.3 Å². The normalized spacial score (nSPS) is 10.0. The number of carbonyl (C=O) groups excluding carboxylic acids is 1. The predicted octanol–water partition coefficient (Wildman–Crippen LogP) is 2.81. The molecule has 104 valence electrons. The van der Waals surface area contributed by atoms with E-state index in [-0.39, 0.29) is 11.6 Å². The second kappa shape index (κ2) is 6.72. The smallest absolute Gasteiger partial charge is 0.335 e. The Morgan fingerprint density at radius 1 is 1.20 bits per heavy atom. The van der Waals surface area contributed by atoms with Crippen LogP contribution >= 0.6 is 11.3 Å². The lowest BCUT2D eigenvalue weighted by Gasteiger charge is -2.08. The molecule has 0 radical (unpaired) electrons. The van der Waals surface area contributed by atoms with Crippen LogP contribution in [0, 0.1) is 0 Å². The van der Waals surface area contributed by atoms with Gasteiger partial charge in [0.1, 0.15) is 0 Å². The van der Waals surface area contributed by atoms with E-state index in [1.807, 2.05) is 16.8 Å². The van der Waals surface area contributed by atoms with Crippen molar-refractivity contribution in [1.82, 2.24) is 5.32 Å². The number of aromatic carboxylic acids is 1. The van der Waals surface area contributed by atoms with Crippen LogP contribution in [0.15, 0.2) is 41.1 Å². The standard InChI is InChI=1S/C14H14N2O3S/c17-13(18)12-4-2-1-3-10(12)5-7-15-14(19)16-11-6-8-20-9-11/h1-4,6,8-9H,5,7H2,(H,17,18)(H2,15,16,19). The van der Waals surface area contributed by atoms with Gasteiger partial charge in [0.25, 0.3) is 0 Å². The van der Waals surface area contributed by atoms with E-state index in [1.165, 1.54) is 11.3 Å². The summed E-state index contributed by atoms with van der Waals surface area (Å²) in [6, 6.07) is 8.29. The van der Waals surface area contributed by atoms with Gasteiger partial charge in [-0.05, 0) is 29.5 Å². The third-order valence-corrected chi connectivity index (χ3v) is 3.39. The summed E-state index contributed by atoms with van der Waals surface area (Å²) in [5.74, 6) is -0.955. The first-order valence-electron chi connectivity index (χ1n) is 6.05. The zero-order valence-corrected chi connectivity index (χ0v) is 11.4. The zero-order valence-electron chi connectivity index (χ0n) is 10.6. The average Bonchev–Trinajstić information content (AvgIpc) is 2.92. The highest BCUT2D eigenvalue weighted by Crippen LogP contribution is 2.11. The minimum Gasteiger partial charge on any atom is -0.478 e. The van der Waals surface area contributed by atoms with Gasteiger partial charge in [-0.3, -0.25) is 0 Å². The second-order valence-corrected chi connectivity index (χ2v) is 4.89. The number of carboxylic acid groups (broad SMARTS) is 1. The number of urea groups is 1. The van der Waals surface area contributed by atoms with Gasteiger partial charge in [-0.2, -0.15) is 11.3 Å². The number of carboxylic acids is 1. The summed E-state index contributed by atoms with van der Waals surface area (Å²) in [5.41, 5.74) is 1.72. The Hall–Kier alpha value is -2.34. The molecule has 3 N–H and O–H groups in total. The van der Waals surface area contributed by atoms with Crippen molar-refractivity contribution in [3.8, 4) is 0 Å². The van der Waals surface area contributed by atoms with E-state index in [0.29, 0.717) is 18.5 Å². The van der Waals surface area contributed by atoms with Crippen molar-refractivity contribution in [2.75, 3.05) is 11.9 Å². The van der Waals surface area contributed by atoms with Crippen molar-refractivity contribution in [3.05, 3.63) is 52.2 Å². The number of rotatable bonds is 5. The Morgan fingerprint density at radius 3 is 2.70 bits per heavy atom. The Labute approximate surface area is 120 Å². The molecule has 2 amide bonds. The summed E-state index contributed by atoms with van der Waals surface area (Å²) in [4.78, 5) is 22.6. The van der Waals surface area contributed by atoms with Crippen LogP contribution in [0.1, 0.15) is 15.9 Å². The van der Waals surface area contributed by atoms with Gasteiger partial charge in [0.2, 0.25) is 0 Å². The molecular weight excluding hydrogens is 276 g/mol. The number of amides is 2. The SMILES string of the molecule is O=C(NCCc1ccccc1C(=O)O)Nc1ccsc1. The van der Waals surface area contributed by atoms with Crippen molar-refractivity contribution in [1.29, 1.82) is 0 Å². The molecule has 0 bridgehead atoms.